The number of hydrogen-bond acceptors (Lipinski definition) is 3. The number of likely N-dealkylation sites (N-methyl/N-ethyl adjacent to an activating group) is 1. The molecule has 0 bridgehead atoms. The number of amides is 3. The van der Waals surface area contributed by atoms with Crippen molar-refractivity contribution in [3.05, 3.63) is 59.1 Å². The minimum Gasteiger partial charge on any atom is -0.322 e. The molecular weight excluding hydrogens is 354 g/mol. The molecule has 2 aromatic carbocycles. The van der Waals surface area contributed by atoms with E-state index in [0.29, 0.717) is 22.0 Å². The molecule has 1 fully saturated rings. The second kappa shape index (κ2) is 5.85. The molecule has 4 rings (SSSR count). The average molecular weight is 370 g/mol. The first-order chi connectivity index (χ1) is 12.4. The van der Waals surface area contributed by atoms with Gasteiger partial charge in [-0.2, -0.15) is 0 Å². The van der Waals surface area contributed by atoms with E-state index in [0.717, 1.165) is 0 Å². The average Bonchev–Trinajstić information content (AvgIpc) is 2.98. The predicted octanol–water partition coefficient (Wildman–Crippen LogP) is 2.89. The molecular formula is C19H16ClN3O3. The summed E-state index contributed by atoms with van der Waals surface area (Å²) in [4.78, 5) is 41.6. The van der Waals surface area contributed by atoms with Crippen molar-refractivity contribution < 1.29 is 14.4 Å². The van der Waals surface area contributed by atoms with Crippen molar-refractivity contribution in [2.24, 2.45) is 0 Å². The Morgan fingerprint density at radius 1 is 1.15 bits per heavy atom. The molecule has 0 saturated carbocycles. The van der Waals surface area contributed by atoms with Gasteiger partial charge in [0.25, 0.3) is 11.8 Å². The fourth-order valence-electron chi connectivity index (χ4n) is 3.73. The number of nitrogens with one attached hydrogen (secondary N) is 1. The van der Waals surface area contributed by atoms with Gasteiger partial charge in [-0.25, -0.2) is 0 Å². The van der Waals surface area contributed by atoms with Crippen molar-refractivity contribution in [3.8, 4) is 0 Å². The molecule has 3 amide bonds. The molecule has 1 atom stereocenters. The van der Waals surface area contributed by atoms with E-state index in [9.17, 15) is 14.4 Å². The zero-order valence-corrected chi connectivity index (χ0v) is 14.8. The smallest absolute Gasteiger partial charge is 0.271 e. The van der Waals surface area contributed by atoms with Crippen LogP contribution in [-0.2, 0) is 9.59 Å². The van der Waals surface area contributed by atoms with Crippen molar-refractivity contribution in [1.82, 2.24) is 4.90 Å². The third-order valence-electron chi connectivity index (χ3n) is 4.99. The number of fused-ring (bicyclic) bond motifs is 3. The second-order valence-electron chi connectivity index (χ2n) is 6.39. The molecule has 2 heterocycles. The Hall–Kier alpha value is -2.86. The number of halogens is 1. The van der Waals surface area contributed by atoms with Crippen molar-refractivity contribution in [2.45, 2.75) is 18.5 Å². The highest BCUT2D eigenvalue weighted by atomic mass is 35.5. The molecule has 132 valence electrons. The van der Waals surface area contributed by atoms with Gasteiger partial charge in [0.1, 0.15) is 0 Å². The van der Waals surface area contributed by atoms with Gasteiger partial charge in [0.15, 0.2) is 0 Å². The van der Waals surface area contributed by atoms with Crippen LogP contribution < -0.4 is 10.2 Å². The van der Waals surface area contributed by atoms with E-state index in [-0.39, 0.29) is 24.7 Å². The maximum absolute atomic E-state index is 13.3. The zero-order valence-electron chi connectivity index (χ0n) is 14.0. The number of carbonyl (C=O) groups excluding carboxylic acids is 3. The lowest BCUT2D eigenvalue weighted by Gasteiger charge is -2.47. The monoisotopic (exact) mass is 369 g/mol. The third kappa shape index (κ3) is 2.22. The van der Waals surface area contributed by atoms with Gasteiger partial charge in [-0.1, -0.05) is 29.8 Å². The van der Waals surface area contributed by atoms with Crippen LogP contribution in [0.15, 0.2) is 48.5 Å². The lowest BCUT2D eigenvalue weighted by atomic mass is 9.96. The molecule has 1 saturated heterocycles. The van der Waals surface area contributed by atoms with E-state index in [1.807, 2.05) is 0 Å². The molecule has 0 aromatic heterocycles. The van der Waals surface area contributed by atoms with E-state index < -0.39 is 11.6 Å². The molecule has 2 aliphatic heterocycles. The van der Waals surface area contributed by atoms with Crippen LogP contribution in [0.4, 0.5) is 11.4 Å². The van der Waals surface area contributed by atoms with Gasteiger partial charge in [-0.15, -0.1) is 0 Å². The normalized spacial score (nSPS) is 21.5. The summed E-state index contributed by atoms with van der Waals surface area (Å²) >= 11 is 5.99. The molecule has 2 aliphatic rings. The van der Waals surface area contributed by atoms with Gasteiger partial charge in [-0.05, 0) is 30.3 Å². The number of hydrogen-bond donors (Lipinski definition) is 1. The van der Waals surface area contributed by atoms with Crippen molar-refractivity contribution in [1.29, 1.82) is 0 Å². The molecule has 1 N–H and O–H groups in total. The topological polar surface area (TPSA) is 69.7 Å². The fourth-order valence-corrected chi connectivity index (χ4v) is 3.92. The summed E-state index contributed by atoms with van der Waals surface area (Å²) in [6.07, 6.45) is 0.420. The predicted molar refractivity (Wildman–Crippen MR) is 98.1 cm³/mol. The Morgan fingerprint density at radius 2 is 1.92 bits per heavy atom. The number of benzene rings is 2. The van der Waals surface area contributed by atoms with E-state index in [1.54, 1.807) is 55.6 Å². The van der Waals surface area contributed by atoms with Gasteiger partial charge in [0.05, 0.1) is 11.3 Å². The Balaban J connectivity index is 1.81. The first-order valence-corrected chi connectivity index (χ1v) is 8.60. The highest BCUT2D eigenvalue weighted by Gasteiger charge is 2.59. The number of para-hydroxylation sites is 1. The molecule has 0 radical (unpaired) electrons. The van der Waals surface area contributed by atoms with Crippen LogP contribution in [-0.4, -0.2) is 35.3 Å². The van der Waals surface area contributed by atoms with E-state index >= 15 is 0 Å². The number of carbonyl (C=O) groups is 3. The van der Waals surface area contributed by atoms with E-state index in [4.69, 9.17) is 11.6 Å². The Bertz CT molecular complexity index is 945. The first kappa shape index (κ1) is 16.6. The Kier molecular flexibility index (Phi) is 3.73. The van der Waals surface area contributed by atoms with Crippen LogP contribution in [0, 0.1) is 0 Å². The lowest BCUT2D eigenvalue weighted by Crippen LogP contribution is -2.68. The van der Waals surface area contributed by atoms with Crippen molar-refractivity contribution >= 4 is 40.7 Å². The molecule has 2 aromatic rings. The van der Waals surface area contributed by atoms with Crippen molar-refractivity contribution in [2.75, 3.05) is 17.3 Å². The van der Waals surface area contributed by atoms with Crippen LogP contribution in [0.2, 0.25) is 5.02 Å². The molecule has 26 heavy (non-hydrogen) atoms. The largest absolute Gasteiger partial charge is 0.322 e. The van der Waals surface area contributed by atoms with Gasteiger partial charge in [0.2, 0.25) is 11.6 Å². The van der Waals surface area contributed by atoms with Crippen LogP contribution >= 0.6 is 11.6 Å². The van der Waals surface area contributed by atoms with Crippen LogP contribution in [0.5, 0.6) is 0 Å². The molecule has 7 heteroatoms. The van der Waals surface area contributed by atoms with E-state index in [2.05, 4.69) is 5.32 Å². The molecule has 1 unspecified atom stereocenters. The van der Waals surface area contributed by atoms with Crippen LogP contribution in [0.1, 0.15) is 23.2 Å². The van der Waals surface area contributed by atoms with Crippen molar-refractivity contribution in [3.63, 3.8) is 0 Å². The fraction of sp³-hybridized carbons (Fsp3) is 0.211. The van der Waals surface area contributed by atoms with Gasteiger partial charge in [0, 0.05) is 30.6 Å². The minimum atomic E-state index is -1.38. The number of anilines is 2. The lowest BCUT2D eigenvalue weighted by molar-refractivity contribution is -0.128. The summed E-state index contributed by atoms with van der Waals surface area (Å²) in [5, 5.41) is 3.29. The van der Waals surface area contributed by atoms with Crippen LogP contribution in [0.25, 0.3) is 0 Å². The highest BCUT2D eigenvalue weighted by molar-refractivity contribution is 6.31. The highest BCUT2D eigenvalue weighted by Crippen LogP contribution is 2.44. The van der Waals surface area contributed by atoms with E-state index in [1.165, 1.54) is 9.80 Å². The van der Waals surface area contributed by atoms with Gasteiger partial charge in [-0.3, -0.25) is 19.3 Å². The SMILES string of the molecule is CN1C(=O)c2ccccc2N2C(=O)CCC12C(=O)Nc1cccc(Cl)c1. The summed E-state index contributed by atoms with van der Waals surface area (Å²) in [6.45, 7) is 0. The van der Waals surface area contributed by atoms with Gasteiger partial charge >= 0.3 is 0 Å². The maximum Gasteiger partial charge on any atom is 0.271 e. The number of nitrogens with zero attached hydrogens (tertiary/aromatic N) is 2. The summed E-state index contributed by atoms with van der Waals surface area (Å²) in [5.74, 6) is -0.901. The summed E-state index contributed by atoms with van der Waals surface area (Å²) in [5.41, 5.74) is 0.0110. The Morgan fingerprint density at radius 3 is 2.69 bits per heavy atom. The van der Waals surface area contributed by atoms with Gasteiger partial charge < -0.3 is 10.2 Å². The molecule has 0 spiro atoms. The molecule has 6 nitrogen and oxygen atoms in total. The molecule has 0 aliphatic carbocycles. The maximum atomic E-state index is 13.3. The quantitative estimate of drug-likeness (QED) is 0.884. The summed E-state index contributed by atoms with van der Waals surface area (Å²) in [6, 6.07) is 13.6. The third-order valence-corrected chi connectivity index (χ3v) is 5.22. The van der Waals surface area contributed by atoms with Crippen LogP contribution in [0.3, 0.4) is 0 Å². The minimum absolute atomic E-state index is 0.182. The number of rotatable bonds is 2. The Labute approximate surface area is 155 Å². The first-order valence-electron chi connectivity index (χ1n) is 8.22. The summed E-state index contributed by atoms with van der Waals surface area (Å²) in [7, 11) is 1.56. The second-order valence-corrected chi connectivity index (χ2v) is 6.83. The zero-order chi connectivity index (χ0) is 18.5. The summed E-state index contributed by atoms with van der Waals surface area (Å²) < 4.78 is 0. The standard InChI is InChI=1S/C19H16ClN3O3/c1-22-17(25)14-7-2-3-8-15(14)23-16(24)9-10-19(22,23)18(26)21-13-6-4-5-12(20)11-13/h2-8,11H,9-10H2,1H3,(H,21,26).